The highest BCUT2D eigenvalue weighted by atomic mass is 19.4. The van der Waals surface area contributed by atoms with Gasteiger partial charge >= 0.3 is 6.18 Å². The second-order valence-corrected chi connectivity index (χ2v) is 8.66. The molecule has 2 aliphatic carbocycles. The summed E-state index contributed by atoms with van der Waals surface area (Å²) < 4.78 is 39.8. The Labute approximate surface area is 168 Å². The Morgan fingerprint density at radius 1 is 1.00 bits per heavy atom. The van der Waals surface area contributed by atoms with Crippen LogP contribution in [0, 0.1) is 17.8 Å². The molecule has 1 aliphatic heterocycles. The van der Waals surface area contributed by atoms with Gasteiger partial charge in [-0.25, -0.2) is 0 Å². The maximum absolute atomic E-state index is 13.3. The van der Waals surface area contributed by atoms with Gasteiger partial charge in [-0.2, -0.15) is 13.2 Å². The molecule has 0 aromatic heterocycles. The fourth-order valence-electron chi connectivity index (χ4n) is 5.15. The second-order valence-electron chi connectivity index (χ2n) is 8.66. The van der Waals surface area contributed by atoms with Crippen LogP contribution in [0.4, 0.5) is 24.5 Å². The number of fused-ring (bicyclic) bond motifs is 2. The SMILES string of the molecule is O=C(Nc1cc(C(F)(F)F)ccc1N1CCCCC1)C1C[C@H]2CCC[C@@H](C1)C2=O. The molecular weight excluding hydrogens is 381 g/mol. The summed E-state index contributed by atoms with van der Waals surface area (Å²) in [4.78, 5) is 27.3. The minimum absolute atomic E-state index is 0.0682. The molecule has 1 unspecified atom stereocenters. The number of hydrogen-bond acceptors (Lipinski definition) is 3. The van der Waals surface area contributed by atoms with Gasteiger partial charge in [0.25, 0.3) is 0 Å². The maximum atomic E-state index is 13.3. The van der Waals surface area contributed by atoms with Gasteiger partial charge in [-0.1, -0.05) is 6.42 Å². The molecule has 4 rings (SSSR count). The Balaban J connectivity index is 1.57. The van der Waals surface area contributed by atoms with Crippen molar-refractivity contribution in [2.45, 2.75) is 57.5 Å². The van der Waals surface area contributed by atoms with E-state index < -0.39 is 11.7 Å². The summed E-state index contributed by atoms with van der Waals surface area (Å²) in [6.07, 6.45) is 2.31. The Kier molecular flexibility index (Phi) is 5.58. The van der Waals surface area contributed by atoms with Crippen molar-refractivity contribution in [3.63, 3.8) is 0 Å². The smallest absolute Gasteiger partial charge is 0.370 e. The lowest BCUT2D eigenvalue weighted by molar-refractivity contribution is -0.138. The summed E-state index contributed by atoms with van der Waals surface area (Å²) in [5.74, 6) is -0.435. The molecule has 2 saturated carbocycles. The molecular formula is C22H27F3N2O2. The first kappa shape index (κ1) is 20.2. The van der Waals surface area contributed by atoms with Crippen molar-refractivity contribution in [1.29, 1.82) is 0 Å². The van der Waals surface area contributed by atoms with Gasteiger partial charge in [0, 0.05) is 30.8 Å². The maximum Gasteiger partial charge on any atom is 0.416 e. The number of benzene rings is 1. The average molecular weight is 408 g/mol. The van der Waals surface area contributed by atoms with E-state index in [1.54, 1.807) is 0 Å². The van der Waals surface area contributed by atoms with E-state index in [1.165, 1.54) is 6.07 Å². The molecule has 1 amide bonds. The normalized spacial score (nSPS) is 27.6. The highest BCUT2D eigenvalue weighted by molar-refractivity contribution is 5.97. The number of piperidine rings is 1. The third kappa shape index (κ3) is 4.28. The number of alkyl halides is 3. The number of carbonyl (C=O) groups excluding carboxylic acids is 2. The van der Waals surface area contributed by atoms with Crippen LogP contribution in [0.3, 0.4) is 0 Å². The van der Waals surface area contributed by atoms with Gasteiger partial charge < -0.3 is 10.2 Å². The lowest BCUT2D eigenvalue weighted by Crippen LogP contribution is -2.40. The van der Waals surface area contributed by atoms with Crippen LogP contribution >= 0.6 is 0 Å². The molecule has 158 valence electrons. The van der Waals surface area contributed by atoms with E-state index in [4.69, 9.17) is 0 Å². The van der Waals surface area contributed by atoms with Gasteiger partial charge in [-0.05, 0) is 63.1 Å². The lowest BCUT2D eigenvalue weighted by atomic mass is 9.67. The Morgan fingerprint density at radius 3 is 2.28 bits per heavy atom. The van der Waals surface area contributed by atoms with Gasteiger partial charge in [0.1, 0.15) is 5.78 Å². The molecule has 1 N–H and O–H groups in total. The minimum atomic E-state index is -4.46. The van der Waals surface area contributed by atoms with Crippen molar-refractivity contribution in [1.82, 2.24) is 0 Å². The fourth-order valence-corrected chi connectivity index (χ4v) is 5.15. The zero-order valence-corrected chi connectivity index (χ0v) is 16.4. The number of nitrogens with one attached hydrogen (secondary N) is 1. The third-order valence-electron chi connectivity index (χ3n) is 6.70. The molecule has 0 radical (unpaired) electrons. The fraction of sp³-hybridized carbons (Fsp3) is 0.636. The number of halogens is 3. The average Bonchev–Trinajstić information content (AvgIpc) is 2.67. The minimum Gasteiger partial charge on any atom is -0.370 e. The number of rotatable bonds is 3. The third-order valence-corrected chi connectivity index (χ3v) is 6.70. The van der Waals surface area contributed by atoms with Crippen LogP contribution in [-0.2, 0) is 15.8 Å². The first-order valence-electron chi connectivity index (χ1n) is 10.6. The van der Waals surface area contributed by atoms with Crippen LogP contribution in [0.25, 0.3) is 0 Å². The largest absolute Gasteiger partial charge is 0.416 e. The number of carbonyl (C=O) groups is 2. The topological polar surface area (TPSA) is 49.4 Å². The van der Waals surface area contributed by atoms with Crippen LogP contribution < -0.4 is 10.2 Å². The van der Waals surface area contributed by atoms with E-state index in [2.05, 4.69) is 10.2 Å². The number of amides is 1. The lowest BCUT2D eigenvalue weighted by Gasteiger charge is -2.37. The molecule has 3 fully saturated rings. The zero-order valence-electron chi connectivity index (χ0n) is 16.4. The molecule has 2 bridgehead atoms. The van der Waals surface area contributed by atoms with Crippen molar-refractivity contribution in [3.8, 4) is 0 Å². The van der Waals surface area contributed by atoms with E-state index in [0.29, 0.717) is 18.5 Å². The van der Waals surface area contributed by atoms with Gasteiger partial charge in [0.05, 0.1) is 16.9 Å². The van der Waals surface area contributed by atoms with E-state index in [-0.39, 0.29) is 35.1 Å². The van der Waals surface area contributed by atoms with Gasteiger partial charge in [-0.15, -0.1) is 0 Å². The predicted octanol–water partition coefficient (Wildman–Crippen LogP) is 5.03. The van der Waals surface area contributed by atoms with E-state index in [0.717, 1.165) is 63.7 Å². The van der Waals surface area contributed by atoms with Crippen molar-refractivity contribution in [3.05, 3.63) is 23.8 Å². The van der Waals surface area contributed by atoms with Crippen molar-refractivity contribution >= 4 is 23.1 Å². The first-order valence-corrected chi connectivity index (χ1v) is 10.6. The first-order chi connectivity index (χ1) is 13.8. The summed E-state index contributed by atoms with van der Waals surface area (Å²) in [5.41, 5.74) is 0.121. The van der Waals surface area contributed by atoms with Gasteiger partial charge in [-0.3, -0.25) is 9.59 Å². The Morgan fingerprint density at radius 2 is 1.66 bits per heavy atom. The molecule has 1 heterocycles. The molecule has 3 atom stereocenters. The molecule has 29 heavy (non-hydrogen) atoms. The monoisotopic (exact) mass is 408 g/mol. The summed E-state index contributed by atoms with van der Waals surface area (Å²) in [7, 11) is 0. The van der Waals surface area contributed by atoms with E-state index in [9.17, 15) is 22.8 Å². The number of Topliss-reactive ketones (excluding diaryl/α,β-unsaturated/α-hetero) is 1. The number of hydrogen-bond donors (Lipinski definition) is 1. The molecule has 1 saturated heterocycles. The van der Waals surface area contributed by atoms with Crippen LogP contribution in [0.5, 0.6) is 0 Å². The molecule has 4 nitrogen and oxygen atoms in total. The van der Waals surface area contributed by atoms with Crippen molar-refractivity contribution in [2.75, 3.05) is 23.3 Å². The highest BCUT2D eigenvalue weighted by Crippen LogP contribution is 2.41. The second kappa shape index (κ2) is 8.00. The summed E-state index contributed by atoms with van der Waals surface area (Å²) in [6.45, 7) is 1.55. The quantitative estimate of drug-likeness (QED) is 0.763. The van der Waals surface area contributed by atoms with Crippen molar-refractivity contribution in [2.24, 2.45) is 17.8 Å². The Bertz CT molecular complexity index is 771. The summed E-state index contributed by atoms with van der Waals surface area (Å²) >= 11 is 0. The zero-order chi connectivity index (χ0) is 20.6. The van der Waals surface area contributed by atoms with E-state index in [1.807, 2.05) is 0 Å². The van der Waals surface area contributed by atoms with Gasteiger partial charge in [0.2, 0.25) is 5.91 Å². The van der Waals surface area contributed by atoms with Crippen LogP contribution in [0.15, 0.2) is 18.2 Å². The molecule has 0 spiro atoms. The van der Waals surface area contributed by atoms with Crippen molar-refractivity contribution < 1.29 is 22.8 Å². The molecule has 7 heteroatoms. The molecule has 1 aromatic rings. The summed E-state index contributed by atoms with van der Waals surface area (Å²) in [5, 5.41) is 2.80. The number of nitrogens with zero attached hydrogens (tertiary/aromatic N) is 1. The summed E-state index contributed by atoms with van der Waals surface area (Å²) in [6, 6.07) is 3.61. The molecule has 3 aliphatic rings. The molecule has 1 aromatic carbocycles. The predicted molar refractivity (Wildman–Crippen MR) is 105 cm³/mol. The van der Waals surface area contributed by atoms with Gasteiger partial charge in [0.15, 0.2) is 0 Å². The van der Waals surface area contributed by atoms with Crippen LogP contribution in [-0.4, -0.2) is 24.8 Å². The number of anilines is 2. The standard InChI is InChI=1S/C22H27F3N2O2/c23-22(24,25)17-7-8-19(27-9-2-1-3-10-27)18(13-17)26-21(29)16-11-14-5-4-6-15(12-16)20(14)28/h7-8,13-16H,1-6,9-12H2,(H,26,29)/t14-,15+,16?. The van der Waals surface area contributed by atoms with Crippen LogP contribution in [0.2, 0.25) is 0 Å². The highest BCUT2D eigenvalue weighted by Gasteiger charge is 2.41. The number of ketones is 1. The van der Waals surface area contributed by atoms with E-state index >= 15 is 0 Å². The van der Waals surface area contributed by atoms with Crippen LogP contribution in [0.1, 0.15) is 56.9 Å². The Hall–Kier alpha value is -2.05.